The normalized spacial score (nSPS) is 14.9. The van der Waals surface area contributed by atoms with Gasteiger partial charge < -0.3 is 5.32 Å². The highest BCUT2D eigenvalue weighted by atomic mass is 32.2. The van der Waals surface area contributed by atoms with E-state index < -0.39 is 0 Å². The van der Waals surface area contributed by atoms with E-state index in [9.17, 15) is 4.79 Å². The number of benzene rings is 1. The van der Waals surface area contributed by atoms with Gasteiger partial charge in [-0.2, -0.15) is 0 Å². The predicted octanol–water partition coefficient (Wildman–Crippen LogP) is 10.3. The van der Waals surface area contributed by atoms with Crippen LogP contribution < -0.4 is 5.32 Å². The average Bonchev–Trinajstić information content (AvgIpc) is 2.95. The molecule has 0 fully saturated rings. The van der Waals surface area contributed by atoms with Gasteiger partial charge in [-0.05, 0) is 56.6 Å². The second-order valence-electron chi connectivity index (χ2n) is 7.52. The van der Waals surface area contributed by atoms with Gasteiger partial charge in [-0.25, -0.2) is 0 Å². The van der Waals surface area contributed by atoms with E-state index in [1.54, 1.807) is 6.20 Å². The predicted molar refractivity (Wildman–Crippen MR) is 170 cm³/mol. The molecule has 2 rings (SSSR count). The number of nitrogens with one attached hydrogen (secondary N) is 1. The Kier molecular flexibility index (Phi) is 24.4. The maximum absolute atomic E-state index is 12.4. The quantitative estimate of drug-likeness (QED) is 0.259. The van der Waals surface area contributed by atoms with Crippen molar-refractivity contribution < 1.29 is 4.79 Å². The lowest BCUT2D eigenvalue weighted by Gasteiger charge is -2.13. The molecule has 1 aromatic rings. The monoisotopic (exact) mass is 522 g/mol. The minimum Gasteiger partial charge on any atom is -0.329 e. The molecule has 0 radical (unpaired) electrons. The fraction of sp³-hybridized carbons (Fsp3) is 0.394. The van der Waals surface area contributed by atoms with Gasteiger partial charge in [-0.3, -0.25) is 9.79 Å². The Morgan fingerprint density at radius 1 is 1.11 bits per heavy atom. The summed E-state index contributed by atoms with van der Waals surface area (Å²) in [5.41, 5.74) is 4.12. The van der Waals surface area contributed by atoms with Crippen molar-refractivity contribution in [2.24, 2.45) is 4.99 Å². The van der Waals surface area contributed by atoms with Crippen molar-refractivity contribution in [1.82, 2.24) is 5.32 Å². The molecule has 1 unspecified atom stereocenters. The summed E-state index contributed by atoms with van der Waals surface area (Å²) in [6.07, 6.45) is 16.5. The first-order valence-electron chi connectivity index (χ1n) is 13.5. The number of nitrogens with zero attached hydrogens (tertiary/aromatic N) is 1. The van der Waals surface area contributed by atoms with Crippen molar-refractivity contribution >= 4 is 23.9 Å². The summed E-state index contributed by atoms with van der Waals surface area (Å²) in [5.74, 6) is 0.423. The van der Waals surface area contributed by atoms with Crippen LogP contribution in [0.3, 0.4) is 0 Å². The summed E-state index contributed by atoms with van der Waals surface area (Å²) in [5, 5.41) is 4.75. The molecule has 1 aliphatic rings. The van der Waals surface area contributed by atoms with Gasteiger partial charge in [0, 0.05) is 29.4 Å². The second kappa shape index (κ2) is 24.8. The molecule has 0 spiro atoms. The van der Waals surface area contributed by atoms with Crippen molar-refractivity contribution in [1.29, 1.82) is 0 Å². The van der Waals surface area contributed by atoms with Crippen molar-refractivity contribution in [3.05, 3.63) is 106 Å². The molecule has 1 amide bonds. The summed E-state index contributed by atoms with van der Waals surface area (Å²) in [6.45, 7) is 22.1. The maximum Gasteiger partial charge on any atom is 0.256 e. The van der Waals surface area contributed by atoms with E-state index in [1.165, 1.54) is 17.3 Å². The van der Waals surface area contributed by atoms with E-state index >= 15 is 0 Å². The van der Waals surface area contributed by atoms with Crippen LogP contribution in [-0.4, -0.2) is 12.1 Å². The Bertz CT molecular complexity index is 934. The summed E-state index contributed by atoms with van der Waals surface area (Å²) in [6, 6.07) is 10.5. The van der Waals surface area contributed by atoms with Crippen molar-refractivity contribution in [2.45, 2.75) is 87.5 Å². The van der Waals surface area contributed by atoms with Crippen LogP contribution in [0.15, 0.2) is 106 Å². The highest BCUT2D eigenvalue weighted by molar-refractivity contribution is 8.06. The standard InChI is InChI=1S/C18H27NOS.C11H11N.2C2H6/c1-7-10-12-19-18(20)17(16(6)21-13-9-3)15(5)14(4)11-8-2;1-2-4-10(5-3-1)11-6-8-12-9-7-11;2*1-2/h9-13H,6-8H2,1-5H3,(H,19,20);1-6,8-9,11H,7H2;2*1-2H3/b12-10+,13-9-,14-11+,17-15-;;;. The first-order valence-corrected chi connectivity index (χ1v) is 14.4. The summed E-state index contributed by atoms with van der Waals surface area (Å²) in [4.78, 5) is 17.2. The molecule has 37 heavy (non-hydrogen) atoms. The highest BCUT2D eigenvalue weighted by Gasteiger charge is 2.16. The van der Waals surface area contributed by atoms with Gasteiger partial charge in [0.1, 0.15) is 0 Å². The SMILES string of the molecule is C1=CC(c2ccccc2)CC=N1.C=C(S/C=C\C)/C(C(=O)N/C=C/CC)=C(C)/C(C)=C/CC.CC.CC. The number of aliphatic imine (C=N–C) groups is 1. The molecule has 1 atom stereocenters. The zero-order valence-corrected chi connectivity index (χ0v) is 25.5. The van der Waals surface area contributed by atoms with Gasteiger partial charge in [0.25, 0.3) is 5.91 Å². The number of allylic oxidation sites excluding steroid dienone is 6. The van der Waals surface area contributed by atoms with Crippen molar-refractivity contribution in [3.63, 3.8) is 0 Å². The molecular weight excluding hydrogens is 472 g/mol. The van der Waals surface area contributed by atoms with Gasteiger partial charge in [0.05, 0.1) is 5.57 Å². The van der Waals surface area contributed by atoms with Crippen molar-refractivity contribution in [2.75, 3.05) is 0 Å². The second-order valence-corrected chi connectivity index (χ2v) is 8.52. The zero-order valence-electron chi connectivity index (χ0n) is 24.7. The van der Waals surface area contributed by atoms with E-state index in [1.807, 2.05) is 91.4 Å². The van der Waals surface area contributed by atoms with Gasteiger partial charge >= 0.3 is 0 Å². The van der Waals surface area contributed by atoms with Gasteiger partial charge in [0.2, 0.25) is 0 Å². The maximum atomic E-state index is 12.4. The molecule has 204 valence electrons. The van der Waals surface area contributed by atoms with Crippen LogP contribution in [0.2, 0.25) is 0 Å². The summed E-state index contributed by atoms with van der Waals surface area (Å²) < 4.78 is 0. The smallest absolute Gasteiger partial charge is 0.256 e. The molecule has 0 aliphatic carbocycles. The first-order chi connectivity index (χ1) is 18.0. The number of hydrogen-bond acceptors (Lipinski definition) is 3. The van der Waals surface area contributed by atoms with Crippen LogP contribution in [0.1, 0.15) is 93.1 Å². The molecule has 4 heteroatoms. The van der Waals surface area contributed by atoms with Crippen molar-refractivity contribution in [3.8, 4) is 0 Å². The number of carbonyl (C=O) groups is 1. The number of hydrogen-bond donors (Lipinski definition) is 1. The molecule has 1 aromatic carbocycles. The lowest BCUT2D eigenvalue weighted by atomic mass is 9.95. The number of carbonyl (C=O) groups excluding carboxylic acids is 1. The Labute approximate surface area is 232 Å². The number of rotatable bonds is 9. The van der Waals surface area contributed by atoms with Gasteiger partial charge in [-0.15, -0.1) is 0 Å². The molecule has 1 N–H and O–H groups in total. The largest absolute Gasteiger partial charge is 0.329 e. The first kappa shape index (κ1) is 36.3. The number of amides is 1. The topological polar surface area (TPSA) is 41.5 Å². The highest BCUT2D eigenvalue weighted by Crippen LogP contribution is 2.29. The molecule has 0 aromatic heterocycles. The van der Waals surface area contributed by atoms with Crippen LogP contribution in [0.5, 0.6) is 0 Å². The third kappa shape index (κ3) is 15.8. The van der Waals surface area contributed by atoms with E-state index in [2.05, 4.69) is 60.2 Å². The van der Waals surface area contributed by atoms with E-state index in [0.29, 0.717) is 11.5 Å². The molecule has 1 aliphatic heterocycles. The summed E-state index contributed by atoms with van der Waals surface area (Å²) in [7, 11) is 0. The Balaban J connectivity index is 0. The molecular formula is C33H50N2OS. The zero-order chi connectivity index (χ0) is 28.5. The van der Waals surface area contributed by atoms with Crippen LogP contribution >= 0.6 is 11.8 Å². The lowest BCUT2D eigenvalue weighted by molar-refractivity contribution is -0.116. The van der Waals surface area contributed by atoms with Crippen LogP contribution in [-0.2, 0) is 4.79 Å². The van der Waals surface area contributed by atoms with Crippen LogP contribution in [0.25, 0.3) is 0 Å². The van der Waals surface area contributed by atoms with Crippen LogP contribution in [0.4, 0.5) is 0 Å². The molecule has 0 saturated heterocycles. The number of thioether (sulfide) groups is 1. The Hall–Kier alpha value is -2.85. The summed E-state index contributed by atoms with van der Waals surface area (Å²) >= 11 is 1.47. The van der Waals surface area contributed by atoms with Gasteiger partial charge in [0.15, 0.2) is 0 Å². The molecule has 1 heterocycles. The fourth-order valence-electron chi connectivity index (χ4n) is 3.11. The van der Waals surface area contributed by atoms with Gasteiger partial charge in [-0.1, -0.05) is 120 Å². The van der Waals surface area contributed by atoms with E-state index in [0.717, 1.165) is 35.3 Å². The lowest BCUT2D eigenvalue weighted by Crippen LogP contribution is -2.21. The minimum atomic E-state index is -0.108. The molecule has 0 bridgehead atoms. The average molecular weight is 523 g/mol. The third-order valence-corrected chi connectivity index (χ3v) is 5.89. The fourth-order valence-corrected chi connectivity index (χ4v) is 3.78. The Morgan fingerprint density at radius 2 is 1.76 bits per heavy atom. The molecule has 0 saturated carbocycles. The van der Waals surface area contributed by atoms with E-state index in [4.69, 9.17) is 0 Å². The minimum absolute atomic E-state index is 0.108. The van der Waals surface area contributed by atoms with Crippen LogP contribution in [0, 0.1) is 0 Å². The van der Waals surface area contributed by atoms with E-state index in [-0.39, 0.29) is 5.91 Å². The third-order valence-electron chi connectivity index (χ3n) is 4.99. The molecule has 3 nitrogen and oxygen atoms in total. The Morgan fingerprint density at radius 3 is 2.27 bits per heavy atom.